The molecule has 98 valence electrons. The van der Waals surface area contributed by atoms with Crippen LogP contribution in [0, 0.1) is 6.92 Å². The van der Waals surface area contributed by atoms with Crippen LogP contribution in [0.4, 0.5) is 5.69 Å². The fourth-order valence-electron chi connectivity index (χ4n) is 2.04. The molecule has 2 nitrogen and oxygen atoms in total. The summed E-state index contributed by atoms with van der Waals surface area (Å²) in [6, 6.07) is 13.0. The first-order valence-corrected chi connectivity index (χ1v) is 6.45. The standard InChI is InChI=1S/C16H16ClNO/c1-11-6-4-5-7-13(11)16(19)14-9-8-12(17)10-15(14)18(2)3/h4-10H,1-3H3. The maximum Gasteiger partial charge on any atom is 0.195 e. The minimum Gasteiger partial charge on any atom is -0.377 e. The van der Waals surface area contributed by atoms with Crippen molar-refractivity contribution < 1.29 is 4.79 Å². The molecule has 0 aliphatic rings. The number of aryl methyl sites for hydroxylation is 1. The summed E-state index contributed by atoms with van der Waals surface area (Å²) in [6.07, 6.45) is 0. The highest BCUT2D eigenvalue weighted by Crippen LogP contribution is 2.26. The van der Waals surface area contributed by atoms with Gasteiger partial charge >= 0.3 is 0 Å². The van der Waals surface area contributed by atoms with Gasteiger partial charge in [-0.25, -0.2) is 0 Å². The van der Waals surface area contributed by atoms with Gasteiger partial charge < -0.3 is 4.90 Å². The van der Waals surface area contributed by atoms with E-state index in [-0.39, 0.29) is 5.78 Å². The number of anilines is 1. The largest absolute Gasteiger partial charge is 0.377 e. The topological polar surface area (TPSA) is 20.3 Å². The minimum atomic E-state index is 0.0264. The van der Waals surface area contributed by atoms with Crippen LogP contribution in [0.25, 0.3) is 0 Å². The van der Waals surface area contributed by atoms with Crippen molar-refractivity contribution in [1.82, 2.24) is 0 Å². The smallest absolute Gasteiger partial charge is 0.195 e. The molecule has 0 aliphatic carbocycles. The molecule has 19 heavy (non-hydrogen) atoms. The average Bonchev–Trinajstić information content (AvgIpc) is 2.38. The molecular weight excluding hydrogens is 258 g/mol. The van der Waals surface area contributed by atoms with E-state index >= 15 is 0 Å². The second kappa shape index (κ2) is 5.45. The highest BCUT2D eigenvalue weighted by Gasteiger charge is 2.16. The van der Waals surface area contributed by atoms with Crippen LogP contribution in [0.15, 0.2) is 42.5 Å². The predicted octanol–water partition coefficient (Wildman–Crippen LogP) is 3.95. The minimum absolute atomic E-state index is 0.0264. The monoisotopic (exact) mass is 273 g/mol. The first-order valence-electron chi connectivity index (χ1n) is 6.08. The number of hydrogen-bond acceptors (Lipinski definition) is 2. The van der Waals surface area contributed by atoms with Gasteiger partial charge in [-0.15, -0.1) is 0 Å². The van der Waals surface area contributed by atoms with Crippen LogP contribution in [0.2, 0.25) is 5.02 Å². The molecule has 0 atom stereocenters. The predicted molar refractivity (Wildman–Crippen MR) is 80.4 cm³/mol. The van der Waals surface area contributed by atoms with Gasteiger partial charge in [0.2, 0.25) is 0 Å². The third-order valence-corrected chi connectivity index (χ3v) is 3.31. The van der Waals surface area contributed by atoms with E-state index in [4.69, 9.17) is 11.6 Å². The Balaban J connectivity index is 2.54. The van der Waals surface area contributed by atoms with Gasteiger partial charge in [0.05, 0.1) is 0 Å². The van der Waals surface area contributed by atoms with Crippen molar-refractivity contribution in [2.75, 3.05) is 19.0 Å². The number of nitrogens with zero attached hydrogens (tertiary/aromatic N) is 1. The first kappa shape index (κ1) is 13.6. The normalized spacial score (nSPS) is 10.3. The zero-order valence-corrected chi connectivity index (χ0v) is 12.0. The Bertz CT molecular complexity index is 620. The summed E-state index contributed by atoms with van der Waals surface area (Å²) in [5.74, 6) is 0.0264. The lowest BCUT2D eigenvalue weighted by Gasteiger charge is -2.17. The lowest BCUT2D eigenvalue weighted by molar-refractivity contribution is 0.103. The Labute approximate surface area is 118 Å². The van der Waals surface area contributed by atoms with Crippen molar-refractivity contribution in [1.29, 1.82) is 0 Å². The maximum atomic E-state index is 12.6. The van der Waals surface area contributed by atoms with Crippen molar-refractivity contribution in [2.24, 2.45) is 0 Å². The molecule has 0 bridgehead atoms. The van der Waals surface area contributed by atoms with Gasteiger partial charge in [-0.3, -0.25) is 4.79 Å². The van der Waals surface area contributed by atoms with Gasteiger partial charge in [-0.2, -0.15) is 0 Å². The lowest BCUT2D eigenvalue weighted by Crippen LogP contribution is -2.15. The van der Waals surface area contributed by atoms with E-state index in [1.54, 1.807) is 12.1 Å². The highest BCUT2D eigenvalue weighted by molar-refractivity contribution is 6.31. The molecule has 0 fully saturated rings. The molecule has 0 N–H and O–H groups in total. The van der Waals surface area contributed by atoms with E-state index in [2.05, 4.69) is 0 Å². The number of carbonyl (C=O) groups is 1. The van der Waals surface area contributed by atoms with E-state index in [1.165, 1.54) is 0 Å². The highest BCUT2D eigenvalue weighted by atomic mass is 35.5. The van der Waals surface area contributed by atoms with Crippen LogP contribution < -0.4 is 4.90 Å². The van der Waals surface area contributed by atoms with Gasteiger partial charge in [-0.05, 0) is 30.7 Å². The molecule has 0 spiro atoms. The molecular formula is C16H16ClNO. The molecule has 0 aliphatic heterocycles. The summed E-state index contributed by atoms with van der Waals surface area (Å²) in [4.78, 5) is 14.5. The fraction of sp³-hybridized carbons (Fsp3) is 0.188. The summed E-state index contributed by atoms with van der Waals surface area (Å²) in [5.41, 5.74) is 3.21. The molecule has 0 radical (unpaired) electrons. The van der Waals surface area contributed by atoms with Crippen LogP contribution in [-0.2, 0) is 0 Å². The van der Waals surface area contributed by atoms with Crippen molar-refractivity contribution >= 4 is 23.1 Å². The van der Waals surface area contributed by atoms with Crippen LogP contribution in [0.5, 0.6) is 0 Å². The zero-order valence-electron chi connectivity index (χ0n) is 11.3. The summed E-state index contributed by atoms with van der Waals surface area (Å²) < 4.78 is 0. The van der Waals surface area contributed by atoms with E-state index in [1.807, 2.05) is 56.3 Å². The van der Waals surface area contributed by atoms with Gasteiger partial charge in [0, 0.05) is 35.9 Å². The molecule has 2 aromatic rings. The van der Waals surface area contributed by atoms with Gasteiger partial charge in [0.1, 0.15) is 0 Å². The van der Waals surface area contributed by atoms with Crippen molar-refractivity contribution in [3.8, 4) is 0 Å². The Kier molecular flexibility index (Phi) is 3.91. The van der Waals surface area contributed by atoms with E-state index in [0.29, 0.717) is 10.6 Å². The zero-order chi connectivity index (χ0) is 14.0. The number of halogens is 1. The number of ketones is 1. The van der Waals surface area contributed by atoms with Crippen molar-refractivity contribution in [2.45, 2.75) is 6.92 Å². The molecule has 3 heteroatoms. The third kappa shape index (κ3) is 2.79. The van der Waals surface area contributed by atoms with Gasteiger partial charge in [-0.1, -0.05) is 35.9 Å². The van der Waals surface area contributed by atoms with E-state index in [9.17, 15) is 4.79 Å². The summed E-state index contributed by atoms with van der Waals surface area (Å²) in [6.45, 7) is 1.94. The van der Waals surface area contributed by atoms with Crippen LogP contribution in [-0.4, -0.2) is 19.9 Å². The van der Waals surface area contributed by atoms with Gasteiger partial charge in [0.15, 0.2) is 5.78 Å². The fourth-order valence-corrected chi connectivity index (χ4v) is 2.21. The number of carbonyl (C=O) groups excluding carboxylic acids is 1. The molecule has 0 aromatic heterocycles. The van der Waals surface area contributed by atoms with Gasteiger partial charge in [0.25, 0.3) is 0 Å². The van der Waals surface area contributed by atoms with E-state index < -0.39 is 0 Å². The van der Waals surface area contributed by atoms with Crippen LogP contribution >= 0.6 is 11.6 Å². The molecule has 0 saturated heterocycles. The molecule has 0 saturated carbocycles. The second-order valence-electron chi connectivity index (χ2n) is 4.70. The third-order valence-electron chi connectivity index (χ3n) is 3.08. The van der Waals surface area contributed by atoms with Crippen LogP contribution in [0.1, 0.15) is 21.5 Å². The Morgan fingerprint density at radius 2 is 1.74 bits per heavy atom. The summed E-state index contributed by atoms with van der Waals surface area (Å²) >= 11 is 6.00. The maximum absolute atomic E-state index is 12.6. The Morgan fingerprint density at radius 1 is 1.05 bits per heavy atom. The average molecular weight is 274 g/mol. The molecule has 2 aromatic carbocycles. The Morgan fingerprint density at radius 3 is 2.37 bits per heavy atom. The summed E-state index contributed by atoms with van der Waals surface area (Å²) in [5, 5.41) is 0.630. The van der Waals surface area contributed by atoms with Crippen LogP contribution in [0.3, 0.4) is 0 Å². The number of rotatable bonds is 3. The molecule has 2 rings (SSSR count). The lowest BCUT2D eigenvalue weighted by atomic mass is 9.98. The second-order valence-corrected chi connectivity index (χ2v) is 5.14. The SMILES string of the molecule is Cc1ccccc1C(=O)c1ccc(Cl)cc1N(C)C. The van der Waals surface area contributed by atoms with Crippen molar-refractivity contribution in [3.63, 3.8) is 0 Å². The van der Waals surface area contributed by atoms with Crippen molar-refractivity contribution in [3.05, 3.63) is 64.2 Å². The quantitative estimate of drug-likeness (QED) is 0.790. The molecule has 0 amide bonds. The number of hydrogen-bond donors (Lipinski definition) is 0. The Hall–Kier alpha value is -1.80. The molecule has 0 unspecified atom stereocenters. The summed E-state index contributed by atoms with van der Waals surface area (Å²) in [7, 11) is 3.81. The number of benzene rings is 2. The van der Waals surface area contributed by atoms with E-state index in [0.717, 1.165) is 16.8 Å². The first-order chi connectivity index (χ1) is 9.00. The molecule has 0 heterocycles.